The summed E-state index contributed by atoms with van der Waals surface area (Å²) in [6, 6.07) is 18.4. The summed E-state index contributed by atoms with van der Waals surface area (Å²) >= 11 is 0. The summed E-state index contributed by atoms with van der Waals surface area (Å²) in [5.74, 6) is 0.0723. The Morgan fingerprint density at radius 1 is 0.962 bits per heavy atom. The van der Waals surface area contributed by atoms with E-state index in [1.807, 2.05) is 4.90 Å². The van der Waals surface area contributed by atoms with E-state index in [0.29, 0.717) is 17.2 Å². The number of amides is 1. The molecule has 1 amide bonds. The van der Waals surface area contributed by atoms with Gasteiger partial charge in [-0.15, -0.1) is 0 Å². The van der Waals surface area contributed by atoms with Gasteiger partial charge in [0, 0.05) is 37.8 Å². The Balaban J connectivity index is 1.35. The number of nitriles is 1. The number of carbonyl (C=O) groups excluding carboxylic acids is 1. The summed E-state index contributed by atoms with van der Waals surface area (Å²) in [5.41, 5.74) is 4.24. The van der Waals surface area contributed by atoms with Crippen LogP contribution in [0.4, 0.5) is 0 Å². The van der Waals surface area contributed by atoms with E-state index in [9.17, 15) is 4.79 Å². The fourth-order valence-corrected chi connectivity index (χ4v) is 4.15. The molecule has 0 unspecified atom stereocenters. The number of rotatable bonds is 2. The maximum Gasteiger partial charge on any atom is 0.253 e. The topological polar surface area (TPSA) is 47.3 Å². The number of carbonyl (C=O) groups is 1. The molecule has 1 atom stereocenters. The average molecular weight is 345 g/mol. The van der Waals surface area contributed by atoms with E-state index < -0.39 is 0 Å². The molecule has 0 radical (unpaired) electrons. The van der Waals surface area contributed by atoms with E-state index in [1.54, 1.807) is 24.3 Å². The lowest BCUT2D eigenvalue weighted by Crippen LogP contribution is -2.53. The molecule has 2 aliphatic rings. The molecule has 1 saturated heterocycles. The number of piperazine rings is 1. The lowest BCUT2D eigenvalue weighted by molar-refractivity contribution is 0.0553. The van der Waals surface area contributed by atoms with Gasteiger partial charge in [-0.3, -0.25) is 9.69 Å². The second kappa shape index (κ2) is 7.31. The van der Waals surface area contributed by atoms with Crippen LogP contribution in [0.15, 0.2) is 48.5 Å². The molecule has 26 heavy (non-hydrogen) atoms. The molecule has 0 spiro atoms. The van der Waals surface area contributed by atoms with Crippen LogP contribution >= 0.6 is 0 Å². The first-order valence-electron chi connectivity index (χ1n) is 9.35. The molecule has 0 N–H and O–H groups in total. The minimum absolute atomic E-state index is 0.0723. The van der Waals surface area contributed by atoms with Gasteiger partial charge in [0.1, 0.15) is 0 Å². The zero-order valence-corrected chi connectivity index (χ0v) is 14.9. The van der Waals surface area contributed by atoms with Crippen LogP contribution in [0.1, 0.15) is 33.5 Å². The van der Waals surface area contributed by atoms with Gasteiger partial charge in [-0.05, 0) is 54.7 Å². The summed E-state index contributed by atoms with van der Waals surface area (Å²) in [6.07, 6.45) is 3.49. The Hall–Kier alpha value is -2.64. The van der Waals surface area contributed by atoms with E-state index in [2.05, 4.69) is 35.2 Å². The number of aryl methyl sites for hydroxylation is 1. The monoisotopic (exact) mass is 345 g/mol. The molecular weight excluding hydrogens is 322 g/mol. The molecule has 4 nitrogen and oxygen atoms in total. The van der Waals surface area contributed by atoms with Gasteiger partial charge in [-0.2, -0.15) is 5.26 Å². The predicted octanol–water partition coefficient (Wildman–Crippen LogP) is 2.87. The van der Waals surface area contributed by atoms with Crippen molar-refractivity contribution in [3.8, 4) is 6.07 Å². The maximum atomic E-state index is 12.7. The van der Waals surface area contributed by atoms with Gasteiger partial charge < -0.3 is 4.90 Å². The number of benzene rings is 2. The van der Waals surface area contributed by atoms with Gasteiger partial charge in [-0.25, -0.2) is 0 Å². The Bertz CT molecular complexity index is 829. The largest absolute Gasteiger partial charge is 0.336 e. The van der Waals surface area contributed by atoms with Gasteiger partial charge in [0.15, 0.2) is 0 Å². The van der Waals surface area contributed by atoms with Crippen molar-refractivity contribution in [1.29, 1.82) is 5.26 Å². The van der Waals surface area contributed by atoms with Gasteiger partial charge in [0.25, 0.3) is 5.91 Å². The fraction of sp³-hybridized carbons (Fsp3) is 0.364. The van der Waals surface area contributed by atoms with E-state index in [1.165, 1.54) is 17.5 Å². The first-order valence-corrected chi connectivity index (χ1v) is 9.35. The molecule has 1 aliphatic carbocycles. The Kier molecular flexibility index (Phi) is 4.73. The second-order valence-electron chi connectivity index (χ2n) is 7.18. The van der Waals surface area contributed by atoms with E-state index in [0.717, 1.165) is 39.0 Å². The zero-order valence-electron chi connectivity index (χ0n) is 14.9. The van der Waals surface area contributed by atoms with E-state index in [4.69, 9.17) is 5.26 Å². The van der Waals surface area contributed by atoms with Crippen LogP contribution in [-0.4, -0.2) is 47.9 Å². The highest BCUT2D eigenvalue weighted by molar-refractivity contribution is 5.94. The first kappa shape index (κ1) is 16.8. The van der Waals surface area contributed by atoms with Crippen molar-refractivity contribution >= 4 is 5.91 Å². The summed E-state index contributed by atoms with van der Waals surface area (Å²) in [5, 5.41) is 8.88. The normalized spacial score (nSPS) is 20.3. The molecule has 2 aromatic rings. The summed E-state index contributed by atoms with van der Waals surface area (Å²) in [4.78, 5) is 17.2. The highest BCUT2D eigenvalue weighted by atomic mass is 16.2. The Labute approximate surface area is 154 Å². The minimum Gasteiger partial charge on any atom is -0.336 e. The van der Waals surface area contributed by atoms with Gasteiger partial charge in [-0.1, -0.05) is 24.3 Å². The van der Waals surface area contributed by atoms with E-state index >= 15 is 0 Å². The van der Waals surface area contributed by atoms with Gasteiger partial charge in [0.05, 0.1) is 11.6 Å². The molecule has 1 heterocycles. The number of hydrogen-bond acceptors (Lipinski definition) is 3. The highest BCUT2D eigenvalue weighted by Gasteiger charge is 2.28. The molecule has 0 bridgehead atoms. The fourth-order valence-electron chi connectivity index (χ4n) is 4.15. The van der Waals surface area contributed by atoms with Crippen molar-refractivity contribution in [2.45, 2.75) is 25.3 Å². The second-order valence-corrected chi connectivity index (χ2v) is 7.18. The maximum absolute atomic E-state index is 12.7. The lowest BCUT2D eigenvalue weighted by Gasteiger charge is -2.41. The summed E-state index contributed by atoms with van der Waals surface area (Å²) in [7, 11) is 0. The minimum atomic E-state index is 0.0723. The molecule has 4 rings (SSSR count). The van der Waals surface area contributed by atoms with Crippen molar-refractivity contribution in [2.24, 2.45) is 0 Å². The van der Waals surface area contributed by atoms with Gasteiger partial charge in [0.2, 0.25) is 0 Å². The lowest BCUT2D eigenvalue weighted by atomic mass is 9.87. The molecule has 2 aromatic carbocycles. The third-order valence-electron chi connectivity index (χ3n) is 5.70. The SMILES string of the molecule is N#Cc1ccc(C(=O)N2CCN([C@H]3CCc4ccccc4C3)CC2)cc1. The molecule has 1 fully saturated rings. The van der Waals surface area contributed by atoms with Crippen LogP contribution < -0.4 is 0 Å². The molecule has 0 aromatic heterocycles. The first-order chi connectivity index (χ1) is 12.7. The van der Waals surface area contributed by atoms with Crippen molar-refractivity contribution in [1.82, 2.24) is 9.80 Å². The van der Waals surface area contributed by atoms with Crippen LogP contribution in [0.5, 0.6) is 0 Å². The third kappa shape index (κ3) is 3.36. The van der Waals surface area contributed by atoms with Crippen LogP contribution in [0.2, 0.25) is 0 Å². The van der Waals surface area contributed by atoms with Gasteiger partial charge >= 0.3 is 0 Å². The predicted molar refractivity (Wildman–Crippen MR) is 101 cm³/mol. The molecular formula is C22H23N3O. The molecule has 132 valence electrons. The van der Waals surface area contributed by atoms with E-state index in [-0.39, 0.29) is 5.91 Å². The standard InChI is InChI=1S/C22H23N3O/c23-16-17-5-7-19(8-6-17)22(26)25-13-11-24(12-14-25)21-10-9-18-3-1-2-4-20(18)15-21/h1-8,21H,9-15H2/t21-/m0/s1. The summed E-state index contributed by atoms with van der Waals surface area (Å²) in [6.45, 7) is 3.43. The smallest absolute Gasteiger partial charge is 0.253 e. The van der Waals surface area contributed by atoms with Crippen molar-refractivity contribution in [2.75, 3.05) is 26.2 Å². The van der Waals surface area contributed by atoms with Crippen LogP contribution in [-0.2, 0) is 12.8 Å². The average Bonchev–Trinajstić information content (AvgIpc) is 2.73. The van der Waals surface area contributed by atoms with Crippen molar-refractivity contribution < 1.29 is 4.79 Å². The molecule has 0 saturated carbocycles. The number of fused-ring (bicyclic) bond motifs is 1. The quantitative estimate of drug-likeness (QED) is 0.841. The van der Waals surface area contributed by atoms with Crippen LogP contribution in [0.25, 0.3) is 0 Å². The molecule has 1 aliphatic heterocycles. The molecule has 4 heteroatoms. The number of nitrogens with zero attached hydrogens (tertiary/aromatic N) is 3. The zero-order chi connectivity index (χ0) is 17.9. The highest BCUT2D eigenvalue weighted by Crippen LogP contribution is 2.25. The van der Waals surface area contributed by atoms with Crippen molar-refractivity contribution in [3.63, 3.8) is 0 Å². The van der Waals surface area contributed by atoms with Crippen LogP contribution in [0, 0.1) is 11.3 Å². The third-order valence-corrected chi connectivity index (χ3v) is 5.70. The number of hydrogen-bond donors (Lipinski definition) is 0. The Morgan fingerprint density at radius 2 is 1.65 bits per heavy atom. The van der Waals surface area contributed by atoms with Crippen molar-refractivity contribution in [3.05, 3.63) is 70.8 Å². The summed E-state index contributed by atoms with van der Waals surface area (Å²) < 4.78 is 0. The Morgan fingerprint density at radius 3 is 2.35 bits per heavy atom. The van der Waals surface area contributed by atoms with Crippen LogP contribution in [0.3, 0.4) is 0 Å².